The lowest BCUT2D eigenvalue weighted by molar-refractivity contribution is -0.160. The molecule has 0 aromatic heterocycles. The molecule has 198 valence electrons. The van der Waals surface area contributed by atoms with Gasteiger partial charge in [-0.3, -0.25) is 19.3 Å². The lowest BCUT2D eigenvalue weighted by Crippen LogP contribution is -2.56. The van der Waals surface area contributed by atoms with Gasteiger partial charge in [-0.25, -0.2) is 4.79 Å². The largest absolute Gasteiger partial charge is 0.456 e. The normalized spacial score (nSPS) is 27.2. The second-order valence-electron chi connectivity index (χ2n) is 10.6. The maximum absolute atomic E-state index is 14.3. The van der Waals surface area contributed by atoms with Crippen molar-refractivity contribution in [2.45, 2.75) is 28.5 Å². The minimum absolute atomic E-state index is 0.359. The van der Waals surface area contributed by atoms with E-state index < -0.39 is 56.8 Å². The van der Waals surface area contributed by atoms with Crippen LogP contribution < -0.4 is 0 Å². The molecule has 1 aliphatic heterocycles. The lowest BCUT2D eigenvalue weighted by atomic mass is 9.54. The van der Waals surface area contributed by atoms with Gasteiger partial charge in [0.2, 0.25) is 11.8 Å². The first kappa shape index (κ1) is 26.1. The van der Waals surface area contributed by atoms with Crippen molar-refractivity contribution in [1.29, 1.82) is 0 Å². The number of esters is 1. The van der Waals surface area contributed by atoms with Crippen LogP contribution in [0.25, 0.3) is 0 Å². The molecule has 3 atom stereocenters. The number of amides is 2. The molecule has 1 fully saturated rings. The zero-order chi connectivity index (χ0) is 27.7. The number of halogens is 2. The molecule has 3 aromatic carbocycles. The summed E-state index contributed by atoms with van der Waals surface area (Å²) in [5.41, 5.74) is 4.09. The Morgan fingerprint density at radius 1 is 0.769 bits per heavy atom. The van der Waals surface area contributed by atoms with Crippen LogP contribution in [-0.4, -0.2) is 41.1 Å². The third kappa shape index (κ3) is 3.50. The van der Waals surface area contributed by atoms with Gasteiger partial charge in [-0.2, -0.15) is 0 Å². The van der Waals surface area contributed by atoms with Gasteiger partial charge in [-0.1, -0.05) is 125 Å². The zero-order valence-electron chi connectivity index (χ0n) is 21.3. The molecule has 3 aromatic rings. The van der Waals surface area contributed by atoms with E-state index in [0.29, 0.717) is 5.56 Å². The van der Waals surface area contributed by atoms with E-state index in [1.54, 1.807) is 44.2 Å². The molecular weight excluding hydrogens is 626 g/mol. The molecule has 2 amide bonds. The summed E-state index contributed by atoms with van der Waals surface area (Å²) in [6.45, 7) is 3.05. The van der Waals surface area contributed by atoms with Gasteiger partial charge >= 0.3 is 5.97 Å². The summed E-state index contributed by atoms with van der Waals surface area (Å²) in [7, 11) is 0. The fourth-order valence-corrected chi connectivity index (χ4v) is 8.87. The minimum atomic E-state index is -1.17. The van der Waals surface area contributed by atoms with Crippen LogP contribution in [-0.2, 0) is 27.8 Å². The fourth-order valence-electron chi connectivity index (χ4n) is 6.57. The smallest absolute Gasteiger partial charge is 0.330 e. The van der Waals surface area contributed by atoms with Gasteiger partial charge in [-0.15, -0.1) is 0 Å². The Morgan fingerprint density at radius 3 is 1.59 bits per heavy atom. The topological polar surface area (TPSA) is 80.8 Å². The Balaban J connectivity index is 1.39. The lowest BCUT2D eigenvalue weighted by Gasteiger charge is -2.55. The van der Waals surface area contributed by atoms with Crippen molar-refractivity contribution in [2.24, 2.45) is 17.8 Å². The highest BCUT2D eigenvalue weighted by molar-refractivity contribution is 9.10. The molecule has 2 bridgehead atoms. The third-order valence-corrected chi connectivity index (χ3v) is 10.9. The highest BCUT2D eigenvalue weighted by Gasteiger charge is 2.73. The average molecular weight is 651 g/mol. The van der Waals surface area contributed by atoms with Gasteiger partial charge in [0.15, 0.2) is 12.4 Å². The maximum atomic E-state index is 14.3. The standard InChI is InChI=1S/C31H25Br2NO5/c1-17(2)26(29(38)39-16-23(35)18-10-4-3-5-11-18)34-27(36)24-25(28(34)37)31(33)20-13-7-6-12-19(20)30(24,32)21-14-8-9-15-22(21)31/h3-15,17,24-26H,16H2,1-2H3/t24-,25-,26-,30?,31?/m0/s1. The van der Waals surface area contributed by atoms with Crippen molar-refractivity contribution < 1.29 is 23.9 Å². The monoisotopic (exact) mass is 649 g/mol. The van der Waals surface area contributed by atoms with Crippen LogP contribution in [0.2, 0.25) is 0 Å². The predicted octanol–water partition coefficient (Wildman–Crippen LogP) is 5.34. The van der Waals surface area contributed by atoms with Crippen LogP contribution >= 0.6 is 31.9 Å². The molecule has 7 rings (SSSR count). The molecule has 1 saturated heterocycles. The summed E-state index contributed by atoms with van der Waals surface area (Å²) in [5.74, 6) is -3.99. The quantitative estimate of drug-likeness (QED) is 0.156. The van der Waals surface area contributed by atoms with Gasteiger partial charge in [0.25, 0.3) is 0 Å². The van der Waals surface area contributed by atoms with Crippen molar-refractivity contribution in [3.8, 4) is 0 Å². The summed E-state index contributed by atoms with van der Waals surface area (Å²) in [5, 5.41) is 0. The van der Waals surface area contributed by atoms with Gasteiger partial charge in [0.05, 0.1) is 20.5 Å². The number of nitrogens with zero attached hydrogens (tertiary/aromatic N) is 1. The number of ether oxygens (including phenoxy) is 1. The number of hydrogen-bond acceptors (Lipinski definition) is 5. The Hall–Kier alpha value is -3.10. The first-order valence-electron chi connectivity index (χ1n) is 12.8. The Labute approximate surface area is 243 Å². The van der Waals surface area contributed by atoms with Crippen LogP contribution in [0.4, 0.5) is 0 Å². The SMILES string of the molecule is CC(C)[C@@H](C(=O)OCC(=O)c1ccccc1)N1C(=O)[C@@H]2[C@@H](C1=O)C1(Br)c3ccccc3C2(Br)c2ccccc21. The van der Waals surface area contributed by atoms with Crippen LogP contribution in [0.1, 0.15) is 46.5 Å². The van der Waals surface area contributed by atoms with Gasteiger partial charge in [0.1, 0.15) is 6.04 Å². The molecule has 1 heterocycles. The molecule has 6 nitrogen and oxygen atoms in total. The highest BCUT2D eigenvalue weighted by atomic mass is 79.9. The summed E-state index contributed by atoms with van der Waals surface area (Å²) in [6.07, 6.45) is 0. The van der Waals surface area contributed by atoms with E-state index >= 15 is 0 Å². The van der Waals surface area contributed by atoms with E-state index in [1.165, 1.54) is 0 Å². The second-order valence-corrected chi connectivity index (χ2v) is 13.1. The summed E-state index contributed by atoms with van der Waals surface area (Å²) in [6, 6.07) is 23.0. The van der Waals surface area contributed by atoms with E-state index in [0.717, 1.165) is 27.2 Å². The third-order valence-electron chi connectivity index (χ3n) is 8.21. The van der Waals surface area contributed by atoms with Crippen molar-refractivity contribution in [3.63, 3.8) is 0 Å². The number of carbonyl (C=O) groups excluding carboxylic acids is 4. The Morgan fingerprint density at radius 2 is 1.18 bits per heavy atom. The van der Waals surface area contributed by atoms with Gasteiger partial charge in [0, 0.05) is 5.56 Å². The van der Waals surface area contributed by atoms with Crippen molar-refractivity contribution in [1.82, 2.24) is 4.90 Å². The number of Topliss-reactive ketones (excluding diaryl/α,β-unsaturated/α-hetero) is 1. The van der Waals surface area contributed by atoms with E-state index in [2.05, 4.69) is 31.9 Å². The van der Waals surface area contributed by atoms with Gasteiger partial charge < -0.3 is 4.74 Å². The van der Waals surface area contributed by atoms with Crippen molar-refractivity contribution >= 4 is 55.4 Å². The molecular formula is C31H25Br2NO5. The maximum Gasteiger partial charge on any atom is 0.330 e. The number of carbonyl (C=O) groups is 4. The molecule has 0 radical (unpaired) electrons. The Bertz CT molecular complexity index is 1410. The molecule has 0 spiro atoms. The molecule has 4 aliphatic rings. The average Bonchev–Trinajstić information content (AvgIpc) is 3.21. The fraction of sp³-hybridized carbons (Fsp3) is 0.290. The first-order valence-corrected chi connectivity index (χ1v) is 14.4. The van der Waals surface area contributed by atoms with Crippen molar-refractivity contribution in [3.05, 3.63) is 107 Å². The van der Waals surface area contributed by atoms with E-state index in [9.17, 15) is 19.2 Å². The molecule has 8 heteroatoms. The molecule has 3 aliphatic carbocycles. The number of benzene rings is 3. The number of alkyl halides is 2. The summed E-state index contributed by atoms with van der Waals surface area (Å²) < 4.78 is 3.53. The molecule has 39 heavy (non-hydrogen) atoms. The number of hydrogen-bond donors (Lipinski definition) is 0. The summed E-state index contributed by atoms with van der Waals surface area (Å²) in [4.78, 5) is 55.7. The van der Waals surface area contributed by atoms with E-state index in [4.69, 9.17) is 4.74 Å². The van der Waals surface area contributed by atoms with Gasteiger partial charge in [-0.05, 0) is 28.2 Å². The van der Waals surface area contributed by atoms with Crippen molar-refractivity contribution in [2.75, 3.05) is 6.61 Å². The number of ketones is 1. The minimum Gasteiger partial charge on any atom is -0.456 e. The number of rotatable bonds is 6. The zero-order valence-corrected chi connectivity index (χ0v) is 24.4. The number of likely N-dealkylation sites (tertiary alicyclic amines) is 1. The van der Waals surface area contributed by atoms with Crippen LogP contribution in [0.5, 0.6) is 0 Å². The molecule has 0 saturated carbocycles. The number of imide groups is 1. The second kappa shape index (κ2) is 9.24. The predicted molar refractivity (Wildman–Crippen MR) is 151 cm³/mol. The van der Waals surface area contributed by atoms with E-state index in [1.807, 2.05) is 48.5 Å². The summed E-state index contributed by atoms with van der Waals surface area (Å²) >= 11 is 7.95. The van der Waals surface area contributed by atoms with Crippen LogP contribution in [0.3, 0.4) is 0 Å². The van der Waals surface area contributed by atoms with Crippen LogP contribution in [0.15, 0.2) is 78.9 Å². The highest BCUT2D eigenvalue weighted by Crippen LogP contribution is 2.70. The molecule has 0 N–H and O–H groups in total. The van der Waals surface area contributed by atoms with E-state index in [-0.39, 0.29) is 5.78 Å². The molecule has 0 unspecified atom stereocenters. The first-order chi connectivity index (χ1) is 18.6. The Kier molecular flexibility index (Phi) is 6.19. The van der Waals surface area contributed by atoms with Crippen LogP contribution in [0, 0.1) is 17.8 Å².